The molecule has 0 saturated heterocycles. The zero-order valence-corrected chi connectivity index (χ0v) is 16.2. The summed E-state index contributed by atoms with van der Waals surface area (Å²) in [6.07, 6.45) is 5.92. The normalized spacial score (nSPS) is 11.5. The molecule has 7 nitrogen and oxygen atoms in total. The topological polar surface area (TPSA) is 92.6 Å². The molecule has 7 heteroatoms. The number of aliphatic hydroxyl groups is 1. The number of furan rings is 1. The van der Waals surface area contributed by atoms with Crippen LogP contribution in [0.1, 0.15) is 15.9 Å². The van der Waals surface area contributed by atoms with Gasteiger partial charge in [-0.1, -0.05) is 18.2 Å². The number of fused-ring (bicyclic) bond motifs is 2. The third-order valence-corrected chi connectivity index (χ3v) is 4.21. The average molecular weight is 390 g/mol. The number of aromatic nitrogens is 2. The van der Waals surface area contributed by atoms with Crippen LogP contribution in [0.5, 0.6) is 0 Å². The number of aliphatic imine (C=N–C) groups is 1. The number of rotatable bonds is 1. The molecule has 29 heavy (non-hydrogen) atoms. The Balaban J connectivity index is 0.000000256. The highest BCUT2D eigenvalue weighted by Crippen LogP contribution is 2.25. The number of benzene rings is 2. The van der Waals surface area contributed by atoms with Crippen LogP contribution in [0.15, 0.2) is 82.7 Å². The number of nitrogens with zero attached hydrogens (tertiary/aromatic N) is 3. The van der Waals surface area contributed by atoms with E-state index in [9.17, 15) is 4.79 Å². The molecule has 2 N–H and O–H groups in total. The monoisotopic (exact) mass is 390 g/mol. The zero-order chi connectivity index (χ0) is 20.6. The average Bonchev–Trinajstić information content (AvgIpc) is 3.49. The van der Waals surface area contributed by atoms with Crippen molar-refractivity contribution in [1.29, 1.82) is 0 Å². The third kappa shape index (κ3) is 4.97. The van der Waals surface area contributed by atoms with Crippen molar-refractivity contribution in [2.45, 2.75) is 6.42 Å². The Hall–Kier alpha value is -3.71. The molecule has 1 aliphatic rings. The van der Waals surface area contributed by atoms with Gasteiger partial charge >= 0.3 is 0 Å². The van der Waals surface area contributed by atoms with Crippen molar-refractivity contribution in [2.24, 2.45) is 12.0 Å². The van der Waals surface area contributed by atoms with Gasteiger partial charge in [-0.2, -0.15) is 5.10 Å². The molecule has 4 aromatic rings. The predicted molar refractivity (Wildman–Crippen MR) is 112 cm³/mol. The number of hydrogen-bond donors (Lipinski definition) is 2. The Morgan fingerprint density at radius 1 is 1.14 bits per heavy atom. The van der Waals surface area contributed by atoms with E-state index in [4.69, 9.17) is 9.52 Å². The summed E-state index contributed by atoms with van der Waals surface area (Å²) in [5.74, 6) is 0.540. The minimum absolute atomic E-state index is 0.148. The number of carbonyl (C=O) groups excluding carboxylic acids is 1. The maximum absolute atomic E-state index is 12.3. The maximum atomic E-state index is 12.3. The molecular weight excluding hydrogens is 368 g/mol. The quantitative estimate of drug-likeness (QED) is 0.520. The first-order valence-electron chi connectivity index (χ1n) is 9.01. The number of hydrogen-bond acceptors (Lipinski definition) is 5. The lowest BCUT2D eigenvalue weighted by molar-refractivity contribution is 0.0977. The maximum Gasteiger partial charge on any atom is 0.256 e. The summed E-state index contributed by atoms with van der Waals surface area (Å²) in [4.78, 5) is 16.7. The van der Waals surface area contributed by atoms with E-state index in [0.29, 0.717) is 17.8 Å². The van der Waals surface area contributed by atoms with Gasteiger partial charge in [0.2, 0.25) is 0 Å². The van der Waals surface area contributed by atoms with Crippen molar-refractivity contribution in [3.63, 3.8) is 0 Å². The van der Waals surface area contributed by atoms with Crippen LogP contribution >= 0.6 is 0 Å². The lowest BCUT2D eigenvalue weighted by atomic mass is 10.1. The molecular formula is C22H22N4O3. The first kappa shape index (κ1) is 20.0. The van der Waals surface area contributed by atoms with Gasteiger partial charge in [0, 0.05) is 43.9 Å². The molecule has 3 heterocycles. The minimum atomic E-state index is -0.148. The van der Waals surface area contributed by atoms with Crippen LogP contribution in [0, 0.1) is 0 Å². The summed E-state index contributed by atoms with van der Waals surface area (Å²) in [6, 6.07) is 17.0. The van der Waals surface area contributed by atoms with Crippen LogP contribution in [0.25, 0.3) is 11.0 Å². The smallest absolute Gasteiger partial charge is 0.256 e. The molecule has 2 aromatic heterocycles. The summed E-state index contributed by atoms with van der Waals surface area (Å²) in [5, 5.41) is 14.6. The second kappa shape index (κ2) is 9.48. The van der Waals surface area contributed by atoms with Gasteiger partial charge in [0.15, 0.2) is 0 Å². The summed E-state index contributed by atoms with van der Waals surface area (Å²) in [6.45, 7) is 0. The number of para-hydroxylation sites is 1. The SMILES string of the molecule is CO.Cn1cccn1.O=C(NC1=Nc2ccccc2C1)c1ccc2occc2c1. The third-order valence-electron chi connectivity index (χ3n) is 4.21. The van der Waals surface area contributed by atoms with Crippen molar-refractivity contribution in [3.05, 3.63) is 84.4 Å². The highest BCUT2D eigenvalue weighted by Gasteiger charge is 2.17. The van der Waals surface area contributed by atoms with Gasteiger partial charge in [0.1, 0.15) is 11.4 Å². The van der Waals surface area contributed by atoms with E-state index < -0.39 is 0 Å². The van der Waals surface area contributed by atoms with E-state index in [1.54, 1.807) is 29.3 Å². The molecule has 0 atom stereocenters. The summed E-state index contributed by atoms with van der Waals surface area (Å²) < 4.78 is 7.02. The molecule has 1 amide bonds. The van der Waals surface area contributed by atoms with E-state index in [1.165, 1.54) is 0 Å². The van der Waals surface area contributed by atoms with Crippen LogP contribution in [0.3, 0.4) is 0 Å². The summed E-state index contributed by atoms with van der Waals surface area (Å²) >= 11 is 0. The lowest BCUT2D eigenvalue weighted by Gasteiger charge is -2.04. The number of aryl methyl sites for hydroxylation is 1. The Bertz CT molecular complexity index is 1110. The van der Waals surface area contributed by atoms with E-state index in [0.717, 1.165) is 29.3 Å². The largest absolute Gasteiger partial charge is 0.464 e. The molecule has 0 unspecified atom stereocenters. The Morgan fingerprint density at radius 2 is 1.97 bits per heavy atom. The molecule has 1 aliphatic heterocycles. The van der Waals surface area contributed by atoms with Crippen LogP contribution in [0.2, 0.25) is 0 Å². The van der Waals surface area contributed by atoms with E-state index >= 15 is 0 Å². The van der Waals surface area contributed by atoms with Crippen molar-refractivity contribution in [3.8, 4) is 0 Å². The van der Waals surface area contributed by atoms with Crippen LogP contribution in [-0.2, 0) is 13.5 Å². The fourth-order valence-electron chi connectivity index (χ4n) is 2.86. The van der Waals surface area contributed by atoms with Crippen LogP contribution < -0.4 is 5.32 Å². The molecule has 0 bridgehead atoms. The first-order chi connectivity index (χ1) is 14.2. The first-order valence-corrected chi connectivity index (χ1v) is 9.01. The number of carbonyl (C=O) groups is 1. The lowest BCUT2D eigenvalue weighted by Crippen LogP contribution is -2.30. The van der Waals surface area contributed by atoms with Gasteiger partial charge in [0.25, 0.3) is 5.91 Å². The highest BCUT2D eigenvalue weighted by atomic mass is 16.3. The minimum Gasteiger partial charge on any atom is -0.464 e. The highest BCUT2D eigenvalue weighted by molar-refractivity contribution is 6.09. The Kier molecular flexibility index (Phi) is 6.55. The van der Waals surface area contributed by atoms with Gasteiger partial charge in [0.05, 0.1) is 12.0 Å². The van der Waals surface area contributed by atoms with Crippen molar-refractivity contribution in [2.75, 3.05) is 7.11 Å². The predicted octanol–water partition coefficient (Wildman–Crippen LogP) is 3.48. The fourth-order valence-corrected chi connectivity index (χ4v) is 2.86. The standard InChI is InChI=1S/C17H12N2O2.C4H6N2.CH4O/c20-17(13-5-6-15-12(9-13)7-8-21-15)19-16-10-11-3-1-2-4-14(11)18-16;1-6-4-2-3-5-6;1-2/h1-9H,10H2,(H,18,19,20);2-4H,1H3;2H,1H3. The molecule has 148 valence electrons. The van der Waals surface area contributed by atoms with E-state index in [-0.39, 0.29) is 5.91 Å². The van der Waals surface area contributed by atoms with E-state index in [1.807, 2.05) is 55.7 Å². The Labute approximate surface area is 168 Å². The summed E-state index contributed by atoms with van der Waals surface area (Å²) in [5.41, 5.74) is 3.44. The number of amidine groups is 1. The van der Waals surface area contributed by atoms with Gasteiger partial charge in [-0.3, -0.25) is 9.48 Å². The van der Waals surface area contributed by atoms with E-state index in [2.05, 4.69) is 15.4 Å². The molecule has 2 aromatic carbocycles. The number of amides is 1. The van der Waals surface area contributed by atoms with Crippen LogP contribution in [0.4, 0.5) is 5.69 Å². The fraction of sp³-hybridized carbons (Fsp3) is 0.136. The molecule has 0 fully saturated rings. The van der Waals surface area contributed by atoms with Crippen molar-refractivity contribution < 1.29 is 14.3 Å². The second-order valence-corrected chi connectivity index (χ2v) is 6.17. The summed E-state index contributed by atoms with van der Waals surface area (Å²) in [7, 11) is 2.89. The molecule has 0 radical (unpaired) electrons. The van der Waals surface area contributed by atoms with Crippen molar-refractivity contribution in [1.82, 2.24) is 15.1 Å². The van der Waals surface area contributed by atoms with Crippen molar-refractivity contribution >= 4 is 28.4 Å². The van der Waals surface area contributed by atoms with Gasteiger partial charge in [-0.25, -0.2) is 4.99 Å². The van der Waals surface area contributed by atoms with Gasteiger partial charge in [-0.15, -0.1) is 0 Å². The Morgan fingerprint density at radius 3 is 2.66 bits per heavy atom. The zero-order valence-electron chi connectivity index (χ0n) is 16.2. The van der Waals surface area contributed by atoms with Crippen LogP contribution in [-0.4, -0.2) is 33.7 Å². The van der Waals surface area contributed by atoms with Gasteiger partial charge in [-0.05, 0) is 42.0 Å². The number of nitrogens with one attached hydrogen (secondary N) is 1. The molecule has 0 spiro atoms. The molecule has 0 aliphatic carbocycles. The van der Waals surface area contributed by atoms with Gasteiger partial charge < -0.3 is 14.8 Å². The number of aliphatic hydroxyl groups excluding tert-OH is 1. The second-order valence-electron chi connectivity index (χ2n) is 6.17. The molecule has 5 rings (SSSR count). The molecule has 0 saturated carbocycles.